The number of hydrogen-bond donors (Lipinski definition) is 0. The number of rotatable bonds is 8. The Hall–Kier alpha value is -4.19. The van der Waals surface area contributed by atoms with E-state index in [4.69, 9.17) is 14.5 Å². The van der Waals surface area contributed by atoms with Crippen LogP contribution in [0.25, 0.3) is 0 Å². The number of nitrogens with zero attached hydrogens (tertiary/aromatic N) is 2. The largest absolute Gasteiger partial charge is 0.460 e. The van der Waals surface area contributed by atoms with Crippen LogP contribution in [0.4, 0.5) is 0 Å². The quantitative estimate of drug-likeness (QED) is 0.181. The second-order valence-electron chi connectivity index (χ2n) is 11.8. The molecule has 1 aromatic heterocycles. The van der Waals surface area contributed by atoms with Gasteiger partial charge in [0.25, 0.3) is 0 Å². The number of carbonyl (C=O) groups is 2. The van der Waals surface area contributed by atoms with Crippen LogP contribution in [-0.4, -0.2) is 32.7 Å². The van der Waals surface area contributed by atoms with E-state index in [0.717, 1.165) is 16.7 Å². The van der Waals surface area contributed by atoms with Crippen LogP contribution in [0.5, 0.6) is 0 Å². The van der Waals surface area contributed by atoms with Crippen LogP contribution in [0, 0.1) is 0 Å². The minimum Gasteiger partial charge on any atom is -0.460 e. The fourth-order valence-electron chi connectivity index (χ4n) is 5.01. The average molecular weight is 539 g/mol. The van der Waals surface area contributed by atoms with Gasteiger partial charge in [0.2, 0.25) is 0 Å². The van der Waals surface area contributed by atoms with Gasteiger partial charge >= 0.3 is 11.9 Å². The van der Waals surface area contributed by atoms with Gasteiger partial charge in [-0.1, -0.05) is 91.0 Å². The summed E-state index contributed by atoms with van der Waals surface area (Å²) in [6.07, 6.45) is 3.33. The maximum absolute atomic E-state index is 13.8. The molecule has 0 amide bonds. The van der Waals surface area contributed by atoms with E-state index >= 15 is 0 Å². The van der Waals surface area contributed by atoms with Gasteiger partial charge in [-0.15, -0.1) is 0 Å². The Morgan fingerprint density at radius 1 is 0.700 bits per heavy atom. The molecule has 0 fully saturated rings. The first kappa shape index (κ1) is 28.8. The fraction of sp³-hybridized carbons (Fsp3) is 0.324. The van der Waals surface area contributed by atoms with E-state index in [1.54, 1.807) is 27.0 Å². The second-order valence-corrected chi connectivity index (χ2v) is 11.8. The molecule has 40 heavy (non-hydrogen) atoms. The highest BCUT2D eigenvalue weighted by Crippen LogP contribution is 2.43. The molecule has 0 saturated heterocycles. The van der Waals surface area contributed by atoms with Crippen molar-refractivity contribution >= 4 is 11.9 Å². The van der Waals surface area contributed by atoms with Crippen molar-refractivity contribution in [2.24, 2.45) is 0 Å². The molecule has 0 saturated carbocycles. The number of hydrogen-bond acceptors (Lipinski definition) is 5. The Kier molecular flexibility index (Phi) is 8.29. The first-order chi connectivity index (χ1) is 18.9. The molecular formula is C34H38N2O4. The first-order valence-electron chi connectivity index (χ1n) is 13.6. The SMILES string of the molecule is CC(C)(C)OC(=O)CC(C(=O)OC(C)(C)C)c1nccn1C(c1ccccc1)(c1ccccc1)c1ccccc1. The predicted molar refractivity (Wildman–Crippen MR) is 156 cm³/mol. The third-order valence-corrected chi connectivity index (χ3v) is 6.40. The zero-order chi connectivity index (χ0) is 29.0. The number of esters is 2. The summed E-state index contributed by atoms with van der Waals surface area (Å²) in [6, 6.07) is 30.3. The zero-order valence-corrected chi connectivity index (χ0v) is 24.1. The Morgan fingerprint density at radius 2 is 1.12 bits per heavy atom. The van der Waals surface area contributed by atoms with Crippen LogP contribution < -0.4 is 0 Å². The van der Waals surface area contributed by atoms with Crippen molar-refractivity contribution in [1.29, 1.82) is 0 Å². The van der Waals surface area contributed by atoms with Gasteiger partial charge < -0.3 is 14.0 Å². The van der Waals surface area contributed by atoms with Gasteiger partial charge in [0.1, 0.15) is 28.5 Å². The molecule has 0 N–H and O–H groups in total. The van der Waals surface area contributed by atoms with Gasteiger partial charge in [-0.05, 0) is 58.2 Å². The highest BCUT2D eigenvalue weighted by molar-refractivity contribution is 5.84. The molecule has 0 spiro atoms. The summed E-state index contributed by atoms with van der Waals surface area (Å²) in [5.41, 5.74) is 0.581. The number of benzene rings is 3. The van der Waals surface area contributed by atoms with Crippen molar-refractivity contribution in [1.82, 2.24) is 9.55 Å². The molecule has 0 aliphatic heterocycles. The van der Waals surface area contributed by atoms with E-state index in [0.29, 0.717) is 5.82 Å². The molecule has 4 aromatic rings. The Bertz CT molecular complexity index is 1320. The summed E-state index contributed by atoms with van der Waals surface area (Å²) in [5.74, 6) is -1.62. The number of ether oxygens (including phenoxy) is 2. The minimum atomic E-state index is -1.00. The third-order valence-electron chi connectivity index (χ3n) is 6.40. The van der Waals surface area contributed by atoms with E-state index in [9.17, 15) is 9.59 Å². The topological polar surface area (TPSA) is 70.4 Å². The predicted octanol–water partition coefficient (Wildman–Crippen LogP) is 6.88. The lowest BCUT2D eigenvalue weighted by atomic mass is 9.76. The van der Waals surface area contributed by atoms with E-state index in [2.05, 4.69) is 36.4 Å². The fourth-order valence-corrected chi connectivity index (χ4v) is 5.01. The summed E-state index contributed by atoms with van der Waals surface area (Å²) < 4.78 is 13.5. The minimum absolute atomic E-state index is 0.211. The first-order valence-corrected chi connectivity index (χ1v) is 13.6. The molecular weight excluding hydrogens is 500 g/mol. The molecule has 0 aliphatic carbocycles. The van der Waals surface area contributed by atoms with Gasteiger partial charge in [-0.3, -0.25) is 9.59 Å². The van der Waals surface area contributed by atoms with Crippen molar-refractivity contribution in [3.63, 3.8) is 0 Å². The molecule has 1 heterocycles. The molecule has 4 rings (SSSR count). The maximum atomic E-state index is 13.8. The molecule has 1 unspecified atom stereocenters. The monoisotopic (exact) mass is 538 g/mol. The molecule has 1 atom stereocenters. The van der Waals surface area contributed by atoms with E-state index < -0.39 is 34.6 Å². The van der Waals surface area contributed by atoms with Crippen LogP contribution in [0.15, 0.2) is 103 Å². The lowest BCUT2D eigenvalue weighted by Gasteiger charge is -2.39. The Morgan fingerprint density at radius 3 is 1.52 bits per heavy atom. The van der Waals surface area contributed by atoms with Gasteiger partial charge in [0, 0.05) is 12.4 Å². The van der Waals surface area contributed by atoms with Crippen LogP contribution in [0.3, 0.4) is 0 Å². The molecule has 0 radical (unpaired) electrons. The number of aromatic nitrogens is 2. The maximum Gasteiger partial charge on any atom is 0.317 e. The highest BCUT2D eigenvalue weighted by atomic mass is 16.6. The number of carbonyl (C=O) groups excluding carboxylic acids is 2. The molecule has 208 valence electrons. The Labute approximate surface area is 237 Å². The molecule has 3 aromatic carbocycles. The Balaban J connectivity index is 2.00. The van der Waals surface area contributed by atoms with Crippen molar-refractivity contribution in [2.45, 2.75) is 70.6 Å². The van der Waals surface area contributed by atoms with Gasteiger partial charge in [-0.25, -0.2) is 4.98 Å². The van der Waals surface area contributed by atoms with Crippen molar-refractivity contribution in [3.8, 4) is 0 Å². The normalized spacial score (nSPS) is 12.9. The molecule has 6 heteroatoms. The second kappa shape index (κ2) is 11.5. The summed E-state index contributed by atoms with van der Waals surface area (Å²) in [4.78, 5) is 31.6. The van der Waals surface area contributed by atoms with E-state index in [1.807, 2.05) is 86.1 Å². The highest BCUT2D eigenvalue weighted by Gasteiger charge is 2.43. The smallest absolute Gasteiger partial charge is 0.317 e. The van der Waals surface area contributed by atoms with Crippen LogP contribution >= 0.6 is 0 Å². The summed E-state index contributed by atoms with van der Waals surface area (Å²) in [7, 11) is 0. The van der Waals surface area contributed by atoms with Gasteiger partial charge in [0.05, 0.1) is 6.42 Å². The van der Waals surface area contributed by atoms with E-state index in [1.165, 1.54) is 0 Å². The van der Waals surface area contributed by atoms with Crippen LogP contribution in [0.2, 0.25) is 0 Å². The molecule has 6 nitrogen and oxygen atoms in total. The van der Waals surface area contributed by atoms with Crippen molar-refractivity contribution in [3.05, 3.63) is 126 Å². The average Bonchev–Trinajstić information content (AvgIpc) is 3.37. The lowest BCUT2D eigenvalue weighted by Crippen LogP contribution is -2.40. The third kappa shape index (κ3) is 6.33. The summed E-state index contributed by atoms with van der Waals surface area (Å²) in [6.45, 7) is 10.8. The van der Waals surface area contributed by atoms with Crippen molar-refractivity contribution < 1.29 is 19.1 Å². The molecule has 0 aliphatic rings. The van der Waals surface area contributed by atoms with Crippen LogP contribution in [0.1, 0.15) is 76.4 Å². The van der Waals surface area contributed by atoms with Crippen LogP contribution in [-0.2, 0) is 24.6 Å². The van der Waals surface area contributed by atoms with Gasteiger partial charge in [0.15, 0.2) is 0 Å². The standard InChI is InChI=1S/C34H38N2O4/c1-32(2,3)39-29(37)24-28(31(38)40-33(4,5)6)30-35-22-23-36(30)34(25-16-10-7-11-17-25,26-18-12-8-13-19-26)27-20-14-9-15-21-27/h7-23,28H,24H2,1-6H3. The lowest BCUT2D eigenvalue weighted by molar-refractivity contribution is -0.164. The van der Waals surface area contributed by atoms with Gasteiger partial charge in [-0.2, -0.15) is 0 Å². The number of imidazole rings is 1. The van der Waals surface area contributed by atoms with Crippen molar-refractivity contribution in [2.75, 3.05) is 0 Å². The summed E-state index contributed by atoms with van der Waals surface area (Å²) >= 11 is 0. The zero-order valence-electron chi connectivity index (χ0n) is 24.1. The summed E-state index contributed by atoms with van der Waals surface area (Å²) in [5, 5.41) is 0. The van der Waals surface area contributed by atoms with E-state index in [-0.39, 0.29) is 6.42 Å². The molecule has 0 bridgehead atoms.